The first kappa shape index (κ1) is 11.1. The van der Waals surface area contributed by atoms with Crippen LogP contribution in [0.2, 0.25) is 0 Å². The van der Waals surface area contributed by atoms with Gasteiger partial charge in [-0.2, -0.15) is 0 Å². The molecule has 16 heavy (non-hydrogen) atoms. The number of nitrogens with one attached hydrogen (secondary N) is 1. The van der Waals surface area contributed by atoms with Gasteiger partial charge in [-0.25, -0.2) is 4.98 Å². The second-order valence-electron chi connectivity index (χ2n) is 4.51. The molecule has 1 fully saturated rings. The maximum absolute atomic E-state index is 12.0. The minimum atomic E-state index is -0.341. The molecule has 1 aliphatic rings. The van der Waals surface area contributed by atoms with Crippen LogP contribution in [0.3, 0.4) is 0 Å². The second-order valence-corrected chi connectivity index (χ2v) is 4.51. The lowest BCUT2D eigenvalue weighted by Gasteiger charge is -2.38. The predicted octanol–water partition coefficient (Wildman–Crippen LogP) is 1.46. The van der Waals surface area contributed by atoms with Gasteiger partial charge in [0.15, 0.2) is 0 Å². The molecule has 0 aromatic carbocycles. The summed E-state index contributed by atoms with van der Waals surface area (Å²) in [6.45, 7) is 2.39. The van der Waals surface area contributed by atoms with Crippen molar-refractivity contribution in [2.45, 2.75) is 26.2 Å². The molecule has 1 heterocycles. The Bertz CT molecular complexity index is 376. The van der Waals surface area contributed by atoms with E-state index >= 15 is 0 Å². The maximum Gasteiger partial charge on any atom is 0.233 e. The van der Waals surface area contributed by atoms with Gasteiger partial charge in [0.25, 0.3) is 0 Å². The zero-order valence-electron chi connectivity index (χ0n) is 9.49. The predicted molar refractivity (Wildman–Crippen MR) is 62.9 cm³/mol. The van der Waals surface area contributed by atoms with Crippen molar-refractivity contribution in [1.82, 2.24) is 4.98 Å². The van der Waals surface area contributed by atoms with Gasteiger partial charge >= 0.3 is 0 Å². The molecule has 4 nitrogen and oxygen atoms in total. The number of aromatic nitrogens is 1. The normalized spacial score (nSPS) is 17.6. The number of hydrogen-bond donors (Lipinski definition) is 2. The lowest BCUT2D eigenvalue weighted by Crippen LogP contribution is -2.47. The molecule has 1 saturated carbocycles. The Labute approximate surface area is 95.3 Å². The highest BCUT2D eigenvalue weighted by molar-refractivity contribution is 5.95. The van der Waals surface area contributed by atoms with Crippen molar-refractivity contribution in [3.63, 3.8) is 0 Å². The summed E-state index contributed by atoms with van der Waals surface area (Å²) < 4.78 is 0. The number of carbonyl (C=O) groups excluding carboxylic acids is 1. The van der Waals surface area contributed by atoms with Crippen molar-refractivity contribution < 1.29 is 4.79 Å². The molecule has 1 aromatic rings. The van der Waals surface area contributed by atoms with Gasteiger partial charge < -0.3 is 11.1 Å². The first-order chi connectivity index (χ1) is 7.66. The van der Waals surface area contributed by atoms with Gasteiger partial charge in [0.05, 0.1) is 5.41 Å². The lowest BCUT2D eigenvalue weighted by molar-refractivity contribution is -0.129. The van der Waals surface area contributed by atoms with Crippen LogP contribution >= 0.6 is 0 Å². The van der Waals surface area contributed by atoms with E-state index in [-0.39, 0.29) is 11.3 Å². The minimum absolute atomic E-state index is 0.0117. The summed E-state index contributed by atoms with van der Waals surface area (Å²) in [6, 6.07) is 3.74. The van der Waals surface area contributed by atoms with Crippen LogP contribution in [0.4, 0.5) is 5.82 Å². The highest BCUT2D eigenvalue weighted by atomic mass is 16.2. The van der Waals surface area contributed by atoms with Crippen molar-refractivity contribution in [3.8, 4) is 0 Å². The van der Waals surface area contributed by atoms with E-state index in [1.807, 2.05) is 19.1 Å². The number of carbonyl (C=O) groups is 1. The smallest absolute Gasteiger partial charge is 0.233 e. The molecule has 1 amide bonds. The Hall–Kier alpha value is -1.42. The van der Waals surface area contributed by atoms with Gasteiger partial charge in [0.2, 0.25) is 5.91 Å². The first-order valence-electron chi connectivity index (χ1n) is 5.60. The standard InChI is InChI=1S/C12H17N3O/c1-9-3-4-10(14-7-9)15-11(16)12(8-13)5-2-6-12/h3-4,7H,2,5-6,8,13H2,1H3,(H,14,15,16). The molecule has 0 atom stereocenters. The van der Waals surface area contributed by atoms with Crippen molar-refractivity contribution in [2.24, 2.45) is 11.1 Å². The number of rotatable bonds is 3. The summed E-state index contributed by atoms with van der Waals surface area (Å²) in [5.74, 6) is 0.618. The summed E-state index contributed by atoms with van der Waals surface area (Å²) in [5, 5.41) is 2.83. The average molecular weight is 219 g/mol. The zero-order valence-corrected chi connectivity index (χ0v) is 9.49. The van der Waals surface area contributed by atoms with Crippen LogP contribution < -0.4 is 11.1 Å². The van der Waals surface area contributed by atoms with Gasteiger partial charge in [0.1, 0.15) is 5.82 Å². The maximum atomic E-state index is 12.0. The van der Waals surface area contributed by atoms with Crippen LogP contribution in [0.15, 0.2) is 18.3 Å². The summed E-state index contributed by atoms with van der Waals surface area (Å²) in [5.41, 5.74) is 6.40. The van der Waals surface area contributed by atoms with Crippen molar-refractivity contribution in [3.05, 3.63) is 23.9 Å². The Balaban J connectivity index is 2.04. The quantitative estimate of drug-likeness (QED) is 0.808. The fourth-order valence-corrected chi connectivity index (χ4v) is 1.92. The van der Waals surface area contributed by atoms with E-state index in [9.17, 15) is 4.79 Å². The molecular formula is C12H17N3O. The van der Waals surface area contributed by atoms with Crippen molar-refractivity contribution >= 4 is 11.7 Å². The Kier molecular flexibility index (Phi) is 2.92. The molecule has 0 bridgehead atoms. The van der Waals surface area contributed by atoms with Crippen LogP contribution in [-0.2, 0) is 4.79 Å². The molecule has 1 aromatic heterocycles. The van der Waals surface area contributed by atoms with Gasteiger partial charge in [-0.05, 0) is 31.4 Å². The summed E-state index contributed by atoms with van der Waals surface area (Å²) >= 11 is 0. The molecular weight excluding hydrogens is 202 g/mol. The Morgan fingerprint density at radius 1 is 1.56 bits per heavy atom. The van der Waals surface area contributed by atoms with E-state index in [4.69, 9.17) is 5.73 Å². The molecule has 1 aliphatic carbocycles. The number of hydrogen-bond acceptors (Lipinski definition) is 3. The third-order valence-corrected chi connectivity index (χ3v) is 3.34. The zero-order chi connectivity index (χ0) is 11.6. The van der Waals surface area contributed by atoms with E-state index in [0.717, 1.165) is 24.8 Å². The number of nitrogens with two attached hydrogens (primary N) is 1. The van der Waals surface area contributed by atoms with Crippen molar-refractivity contribution in [2.75, 3.05) is 11.9 Å². The largest absolute Gasteiger partial charge is 0.329 e. The third kappa shape index (κ3) is 1.93. The third-order valence-electron chi connectivity index (χ3n) is 3.34. The molecule has 4 heteroatoms. The van der Waals surface area contributed by atoms with Crippen molar-refractivity contribution in [1.29, 1.82) is 0 Å². The van der Waals surface area contributed by atoms with Crippen LogP contribution in [0, 0.1) is 12.3 Å². The highest BCUT2D eigenvalue weighted by Gasteiger charge is 2.42. The number of pyridine rings is 1. The Morgan fingerprint density at radius 2 is 2.31 bits per heavy atom. The van der Waals surface area contributed by atoms with Gasteiger partial charge in [0, 0.05) is 12.7 Å². The van der Waals surface area contributed by atoms with E-state index in [2.05, 4.69) is 10.3 Å². The molecule has 86 valence electrons. The molecule has 3 N–H and O–H groups in total. The second kappa shape index (κ2) is 4.22. The molecule has 0 spiro atoms. The van der Waals surface area contributed by atoms with E-state index in [1.54, 1.807) is 6.20 Å². The number of amides is 1. The van der Waals surface area contributed by atoms with Gasteiger partial charge in [-0.1, -0.05) is 12.5 Å². The Morgan fingerprint density at radius 3 is 2.75 bits per heavy atom. The molecule has 2 rings (SSSR count). The number of nitrogens with zero attached hydrogens (tertiary/aromatic N) is 1. The SMILES string of the molecule is Cc1ccc(NC(=O)C2(CN)CCC2)nc1. The highest BCUT2D eigenvalue weighted by Crippen LogP contribution is 2.40. The fraction of sp³-hybridized carbons (Fsp3) is 0.500. The van der Waals surface area contributed by atoms with E-state index < -0.39 is 0 Å². The van der Waals surface area contributed by atoms with Crippen LogP contribution in [0.1, 0.15) is 24.8 Å². The summed E-state index contributed by atoms with van der Waals surface area (Å²) in [6.07, 6.45) is 4.61. The number of anilines is 1. The summed E-state index contributed by atoms with van der Waals surface area (Å²) in [4.78, 5) is 16.2. The fourth-order valence-electron chi connectivity index (χ4n) is 1.92. The lowest BCUT2D eigenvalue weighted by atomic mass is 9.68. The van der Waals surface area contributed by atoms with Crippen LogP contribution in [0.5, 0.6) is 0 Å². The van der Waals surface area contributed by atoms with E-state index in [0.29, 0.717) is 12.4 Å². The molecule has 0 aliphatic heterocycles. The average Bonchev–Trinajstić information content (AvgIpc) is 2.21. The molecule has 0 saturated heterocycles. The first-order valence-corrected chi connectivity index (χ1v) is 5.60. The number of aryl methyl sites for hydroxylation is 1. The van der Waals surface area contributed by atoms with E-state index in [1.165, 1.54) is 0 Å². The molecule has 0 radical (unpaired) electrons. The minimum Gasteiger partial charge on any atom is -0.329 e. The van der Waals surface area contributed by atoms with Crippen LogP contribution in [0.25, 0.3) is 0 Å². The molecule has 0 unspecified atom stereocenters. The van der Waals surface area contributed by atoms with Gasteiger partial charge in [-0.3, -0.25) is 4.79 Å². The van der Waals surface area contributed by atoms with Crippen LogP contribution in [-0.4, -0.2) is 17.4 Å². The monoisotopic (exact) mass is 219 g/mol. The topological polar surface area (TPSA) is 68.0 Å². The van der Waals surface area contributed by atoms with Gasteiger partial charge in [-0.15, -0.1) is 0 Å². The summed E-state index contributed by atoms with van der Waals surface area (Å²) in [7, 11) is 0.